The summed E-state index contributed by atoms with van der Waals surface area (Å²) >= 11 is 0. The fourth-order valence-electron chi connectivity index (χ4n) is 3.58. The summed E-state index contributed by atoms with van der Waals surface area (Å²) in [5.74, 6) is -0.163. The molecule has 1 saturated heterocycles. The van der Waals surface area contributed by atoms with Gasteiger partial charge in [-0.3, -0.25) is 0 Å². The maximum absolute atomic E-state index is 14.1. The van der Waals surface area contributed by atoms with Gasteiger partial charge in [-0.05, 0) is 44.1 Å². The molecule has 2 nitrogen and oxygen atoms in total. The van der Waals surface area contributed by atoms with E-state index in [2.05, 4.69) is 26.1 Å². The summed E-state index contributed by atoms with van der Waals surface area (Å²) in [5.41, 5.74) is 0.974. The van der Waals surface area contributed by atoms with Gasteiger partial charge in [0.1, 0.15) is 11.9 Å². The summed E-state index contributed by atoms with van der Waals surface area (Å²) in [6, 6.07) is 7.14. The first kappa shape index (κ1) is 15.0. The van der Waals surface area contributed by atoms with Gasteiger partial charge in [-0.15, -0.1) is 0 Å². The Hall–Kier alpha value is -0.930. The molecule has 1 aliphatic carbocycles. The van der Waals surface area contributed by atoms with E-state index < -0.39 is 0 Å². The van der Waals surface area contributed by atoms with Crippen molar-refractivity contribution in [1.82, 2.24) is 5.32 Å². The van der Waals surface area contributed by atoms with Gasteiger partial charge in [-0.1, -0.05) is 32.0 Å². The molecule has 1 heterocycles. The smallest absolute Gasteiger partial charge is 0.129 e. The predicted octanol–water partition coefficient (Wildman–Crippen LogP) is 4.21. The first-order valence-electron chi connectivity index (χ1n) is 8.07. The van der Waals surface area contributed by atoms with Gasteiger partial charge in [-0.25, -0.2) is 4.39 Å². The normalized spacial score (nSPS) is 31.2. The molecule has 2 fully saturated rings. The number of benzene rings is 1. The van der Waals surface area contributed by atoms with Crippen LogP contribution in [-0.2, 0) is 4.74 Å². The van der Waals surface area contributed by atoms with Crippen LogP contribution in [0.25, 0.3) is 0 Å². The fraction of sp³-hybridized carbons (Fsp3) is 0.667. The fourth-order valence-corrected chi connectivity index (χ4v) is 3.58. The van der Waals surface area contributed by atoms with E-state index in [1.807, 2.05) is 12.1 Å². The van der Waals surface area contributed by atoms with E-state index in [0.29, 0.717) is 11.0 Å². The van der Waals surface area contributed by atoms with Crippen LogP contribution in [0.15, 0.2) is 24.3 Å². The van der Waals surface area contributed by atoms with E-state index in [9.17, 15) is 4.39 Å². The molecule has 2 aliphatic rings. The maximum Gasteiger partial charge on any atom is 0.129 e. The average Bonchev–Trinajstić information content (AvgIpc) is 2.46. The third-order valence-corrected chi connectivity index (χ3v) is 5.30. The molecule has 0 amide bonds. The molecule has 3 heteroatoms. The molecule has 1 spiro atoms. The first-order chi connectivity index (χ1) is 9.91. The van der Waals surface area contributed by atoms with Crippen LogP contribution in [-0.4, -0.2) is 18.2 Å². The van der Waals surface area contributed by atoms with E-state index in [-0.39, 0.29) is 23.6 Å². The molecule has 0 radical (unpaired) electrons. The van der Waals surface area contributed by atoms with Crippen LogP contribution in [0.5, 0.6) is 0 Å². The molecule has 116 valence electrons. The molecule has 1 N–H and O–H groups in total. The quantitative estimate of drug-likeness (QED) is 0.836. The van der Waals surface area contributed by atoms with Gasteiger partial charge in [0, 0.05) is 18.2 Å². The number of hydrogen-bond acceptors (Lipinski definition) is 2. The van der Waals surface area contributed by atoms with Crippen LogP contribution in [0.2, 0.25) is 0 Å². The zero-order valence-corrected chi connectivity index (χ0v) is 13.3. The van der Waals surface area contributed by atoms with Crippen LogP contribution in [0.3, 0.4) is 0 Å². The van der Waals surface area contributed by atoms with Crippen LogP contribution in [0.4, 0.5) is 4.39 Å². The van der Waals surface area contributed by atoms with Crippen molar-refractivity contribution in [3.05, 3.63) is 35.6 Å². The zero-order chi connectivity index (χ0) is 15.1. The molecular weight excluding hydrogens is 265 g/mol. The maximum atomic E-state index is 14.1. The summed E-state index contributed by atoms with van der Waals surface area (Å²) < 4.78 is 20.6. The van der Waals surface area contributed by atoms with Crippen LogP contribution in [0.1, 0.15) is 58.1 Å². The minimum atomic E-state index is -0.193. The van der Waals surface area contributed by atoms with Crippen molar-refractivity contribution in [2.75, 3.05) is 6.54 Å². The highest BCUT2D eigenvalue weighted by molar-refractivity contribution is 5.22. The van der Waals surface area contributed by atoms with Crippen LogP contribution >= 0.6 is 0 Å². The van der Waals surface area contributed by atoms with E-state index >= 15 is 0 Å². The Morgan fingerprint density at radius 3 is 2.48 bits per heavy atom. The topological polar surface area (TPSA) is 21.3 Å². The molecule has 2 unspecified atom stereocenters. The van der Waals surface area contributed by atoms with Crippen molar-refractivity contribution in [2.24, 2.45) is 5.41 Å². The van der Waals surface area contributed by atoms with E-state index in [1.165, 1.54) is 18.9 Å². The summed E-state index contributed by atoms with van der Waals surface area (Å²) in [5, 5.41) is 3.55. The highest BCUT2D eigenvalue weighted by atomic mass is 19.1. The van der Waals surface area contributed by atoms with Crippen molar-refractivity contribution in [1.29, 1.82) is 0 Å². The second-order valence-corrected chi connectivity index (χ2v) is 7.58. The van der Waals surface area contributed by atoms with Crippen molar-refractivity contribution in [2.45, 2.75) is 64.2 Å². The lowest BCUT2D eigenvalue weighted by atomic mass is 9.70. The van der Waals surface area contributed by atoms with Gasteiger partial charge >= 0.3 is 0 Å². The predicted molar refractivity (Wildman–Crippen MR) is 82.7 cm³/mol. The molecule has 3 rings (SSSR count). The van der Waals surface area contributed by atoms with Crippen molar-refractivity contribution in [3.8, 4) is 0 Å². The highest BCUT2D eigenvalue weighted by Crippen LogP contribution is 2.46. The van der Waals surface area contributed by atoms with Gasteiger partial charge in [0.15, 0.2) is 0 Å². The molecule has 2 atom stereocenters. The largest absolute Gasteiger partial charge is 0.364 e. The van der Waals surface area contributed by atoms with Crippen molar-refractivity contribution >= 4 is 0 Å². The lowest BCUT2D eigenvalue weighted by molar-refractivity contribution is -0.162. The van der Waals surface area contributed by atoms with Gasteiger partial charge in [0.2, 0.25) is 0 Å². The Kier molecular flexibility index (Phi) is 3.83. The van der Waals surface area contributed by atoms with Crippen LogP contribution < -0.4 is 5.32 Å². The lowest BCUT2D eigenvalue weighted by Gasteiger charge is -2.50. The highest BCUT2D eigenvalue weighted by Gasteiger charge is 2.45. The number of rotatable bonds is 1. The molecule has 0 aromatic heterocycles. The van der Waals surface area contributed by atoms with Crippen molar-refractivity contribution < 1.29 is 9.13 Å². The second-order valence-electron chi connectivity index (χ2n) is 7.58. The zero-order valence-electron chi connectivity index (χ0n) is 13.3. The Labute approximate surface area is 127 Å². The molecule has 1 aliphatic heterocycles. The third kappa shape index (κ3) is 3.00. The summed E-state index contributed by atoms with van der Waals surface area (Å²) in [6.07, 6.45) is 4.27. The number of hydrogen-bond donors (Lipinski definition) is 1. The molecule has 0 bridgehead atoms. The third-order valence-electron chi connectivity index (χ3n) is 5.30. The van der Waals surface area contributed by atoms with Gasteiger partial charge in [-0.2, -0.15) is 0 Å². The molecule has 1 aromatic carbocycles. The lowest BCUT2D eigenvalue weighted by Crippen LogP contribution is -2.56. The van der Waals surface area contributed by atoms with Gasteiger partial charge < -0.3 is 10.1 Å². The Morgan fingerprint density at radius 2 is 1.81 bits per heavy atom. The summed E-state index contributed by atoms with van der Waals surface area (Å²) in [4.78, 5) is 0. The van der Waals surface area contributed by atoms with E-state index in [1.54, 1.807) is 6.07 Å². The Bertz CT molecular complexity index is 504. The minimum Gasteiger partial charge on any atom is -0.364 e. The number of ether oxygens (including phenoxy) is 1. The van der Waals surface area contributed by atoms with E-state index in [4.69, 9.17) is 4.74 Å². The average molecular weight is 291 g/mol. The molecule has 1 saturated carbocycles. The SMILES string of the molecule is CC1NCC2(CCC(C)(C)CC2)OC1c1ccccc1F. The van der Waals surface area contributed by atoms with Crippen molar-refractivity contribution in [3.63, 3.8) is 0 Å². The number of halogens is 1. The monoisotopic (exact) mass is 291 g/mol. The molecule has 21 heavy (non-hydrogen) atoms. The standard InChI is InChI=1S/C18H26FNO/c1-13-16(14-6-4-5-7-15(14)19)21-18(12-20-13)10-8-17(2,3)9-11-18/h4-7,13,16,20H,8-12H2,1-3H3. The van der Waals surface area contributed by atoms with Crippen LogP contribution in [0, 0.1) is 11.2 Å². The summed E-state index contributed by atoms with van der Waals surface area (Å²) in [7, 11) is 0. The number of morpholine rings is 1. The van der Waals surface area contributed by atoms with Gasteiger partial charge in [0.25, 0.3) is 0 Å². The molecular formula is C18H26FNO. The Morgan fingerprint density at radius 1 is 1.14 bits per heavy atom. The first-order valence-corrected chi connectivity index (χ1v) is 8.07. The van der Waals surface area contributed by atoms with Gasteiger partial charge in [0.05, 0.1) is 5.60 Å². The summed E-state index contributed by atoms with van der Waals surface area (Å²) in [6.45, 7) is 7.62. The second kappa shape index (κ2) is 5.36. The minimum absolute atomic E-state index is 0.116. The number of nitrogens with one attached hydrogen (secondary N) is 1. The Balaban J connectivity index is 1.81. The molecule has 1 aromatic rings. The van der Waals surface area contributed by atoms with E-state index in [0.717, 1.165) is 19.4 Å².